The largest absolute Gasteiger partial charge is 0.374 e. The van der Waals surface area contributed by atoms with Crippen LogP contribution in [-0.2, 0) is 11.2 Å². The van der Waals surface area contributed by atoms with Crippen molar-refractivity contribution in [1.82, 2.24) is 30.4 Å². The molecule has 0 spiro atoms. The smallest absolute Gasteiger partial charge is 0.234 e. The van der Waals surface area contributed by atoms with Gasteiger partial charge in [0.05, 0.1) is 6.54 Å². The van der Waals surface area contributed by atoms with Gasteiger partial charge in [-0.2, -0.15) is 0 Å². The second-order valence-electron chi connectivity index (χ2n) is 5.80. The fraction of sp³-hybridized carbons (Fsp3) is 0.533. The molecule has 25 heavy (non-hydrogen) atoms. The van der Waals surface area contributed by atoms with Crippen molar-refractivity contribution < 1.29 is 4.79 Å². The van der Waals surface area contributed by atoms with Crippen LogP contribution in [-0.4, -0.2) is 70.2 Å². The number of carbonyl (C=O) groups excluding carboxylic acids is 1. The summed E-state index contributed by atoms with van der Waals surface area (Å²) in [6.45, 7) is 4.38. The van der Waals surface area contributed by atoms with E-state index in [1.165, 1.54) is 11.3 Å². The molecular formula is C15H22N8OS. The first-order chi connectivity index (χ1) is 12.2. The molecule has 0 aliphatic carbocycles. The van der Waals surface area contributed by atoms with Crippen molar-refractivity contribution in [2.75, 3.05) is 49.9 Å². The lowest BCUT2D eigenvalue weighted by atomic mass is 10.3. The van der Waals surface area contributed by atoms with Crippen molar-refractivity contribution in [3.63, 3.8) is 0 Å². The molecule has 3 rings (SSSR count). The summed E-state index contributed by atoms with van der Waals surface area (Å²) < 4.78 is 0. The molecule has 9 nitrogen and oxygen atoms in total. The minimum atomic E-state index is 0.0567. The number of rotatable bonds is 7. The fourth-order valence-corrected chi connectivity index (χ4v) is 3.31. The number of nitrogens with one attached hydrogen (secondary N) is 1. The van der Waals surface area contributed by atoms with E-state index in [2.05, 4.69) is 35.3 Å². The van der Waals surface area contributed by atoms with E-state index in [0.29, 0.717) is 18.2 Å². The maximum atomic E-state index is 12.0. The van der Waals surface area contributed by atoms with Crippen molar-refractivity contribution in [3.8, 4) is 0 Å². The van der Waals surface area contributed by atoms with Gasteiger partial charge in [-0.1, -0.05) is 11.3 Å². The second kappa shape index (κ2) is 8.67. The lowest BCUT2D eigenvalue weighted by molar-refractivity contribution is -0.122. The highest BCUT2D eigenvalue weighted by molar-refractivity contribution is 7.15. The molecule has 2 aromatic rings. The monoisotopic (exact) mass is 362 g/mol. The van der Waals surface area contributed by atoms with Crippen molar-refractivity contribution in [1.29, 1.82) is 0 Å². The zero-order chi connectivity index (χ0) is 17.5. The number of aromatic nitrogens is 4. The minimum Gasteiger partial charge on any atom is -0.374 e. The molecule has 0 atom stereocenters. The molecule has 3 heterocycles. The number of nitrogens with zero attached hydrogens (tertiary/aromatic N) is 6. The molecule has 0 saturated carbocycles. The van der Waals surface area contributed by atoms with Crippen molar-refractivity contribution >= 4 is 28.3 Å². The number of aryl methyl sites for hydroxylation is 1. The Labute approximate surface area is 150 Å². The predicted molar refractivity (Wildman–Crippen MR) is 96.3 cm³/mol. The maximum Gasteiger partial charge on any atom is 0.234 e. The van der Waals surface area contributed by atoms with E-state index in [0.717, 1.165) is 50.0 Å². The van der Waals surface area contributed by atoms with Crippen LogP contribution in [0.25, 0.3) is 0 Å². The molecule has 1 saturated heterocycles. The average molecular weight is 362 g/mol. The predicted octanol–water partition coefficient (Wildman–Crippen LogP) is -0.219. The van der Waals surface area contributed by atoms with Crippen molar-refractivity contribution in [2.24, 2.45) is 0 Å². The van der Waals surface area contributed by atoms with Crippen LogP contribution in [0.15, 0.2) is 18.5 Å². The van der Waals surface area contributed by atoms with Crippen molar-refractivity contribution in [3.05, 3.63) is 23.5 Å². The number of nitrogen functional groups attached to an aromatic ring is 1. The maximum absolute atomic E-state index is 12.0. The Morgan fingerprint density at radius 2 is 1.96 bits per heavy atom. The number of amides is 1. The Balaban J connectivity index is 1.31. The van der Waals surface area contributed by atoms with E-state index in [1.54, 1.807) is 12.4 Å². The van der Waals surface area contributed by atoms with Crippen LogP contribution in [0.5, 0.6) is 0 Å². The lowest BCUT2D eigenvalue weighted by Crippen LogP contribution is -2.50. The third-order valence-corrected chi connectivity index (χ3v) is 4.76. The second-order valence-corrected chi connectivity index (χ2v) is 6.89. The topological polar surface area (TPSA) is 113 Å². The molecule has 0 bridgehead atoms. The van der Waals surface area contributed by atoms with Crippen LogP contribution >= 0.6 is 11.3 Å². The van der Waals surface area contributed by atoms with Gasteiger partial charge in [-0.05, 0) is 12.5 Å². The van der Waals surface area contributed by atoms with Crippen LogP contribution in [0.4, 0.5) is 11.1 Å². The van der Waals surface area contributed by atoms with Gasteiger partial charge in [0, 0.05) is 51.5 Å². The Kier molecular flexibility index (Phi) is 6.07. The molecule has 1 amide bonds. The highest BCUT2D eigenvalue weighted by Crippen LogP contribution is 2.12. The molecular weight excluding hydrogens is 340 g/mol. The molecule has 134 valence electrons. The Hall–Kier alpha value is -2.33. The van der Waals surface area contributed by atoms with E-state index in [4.69, 9.17) is 5.73 Å². The SMILES string of the molecule is Nc1nnc(CCCNC(=O)CN2CCN(c3ncccn3)CC2)s1. The number of hydrogen-bond donors (Lipinski definition) is 2. The standard InChI is InChI=1S/C15H22N8OS/c16-14-21-20-13(25-14)3-1-4-17-12(24)11-22-7-9-23(10-8-22)15-18-5-2-6-19-15/h2,5-6H,1,3-4,7-11H2,(H2,16,21)(H,17,24). The number of hydrogen-bond acceptors (Lipinski definition) is 9. The summed E-state index contributed by atoms with van der Waals surface area (Å²) in [5.74, 6) is 0.810. The summed E-state index contributed by atoms with van der Waals surface area (Å²) in [4.78, 5) is 24.9. The van der Waals surface area contributed by atoms with Crippen LogP contribution in [0, 0.1) is 0 Å². The molecule has 3 N–H and O–H groups in total. The van der Waals surface area contributed by atoms with Gasteiger partial charge < -0.3 is 16.0 Å². The van der Waals surface area contributed by atoms with Crippen LogP contribution in [0.3, 0.4) is 0 Å². The van der Waals surface area contributed by atoms with Gasteiger partial charge in [0.2, 0.25) is 17.0 Å². The first-order valence-corrected chi connectivity index (χ1v) is 9.11. The van der Waals surface area contributed by atoms with Gasteiger partial charge in [0.15, 0.2) is 0 Å². The first kappa shape index (κ1) is 17.5. The lowest BCUT2D eigenvalue weighted by Gasteiger charge is -2.34. The fourth-order valence-electron chi connectivity index (χ4n) is 2.65. The third-order valence-electron chi connectivity index (χ3n) is 3.95. The Bertz CT molecular complexity index is 671. The van der Waals surface area contributed by atoms with Gasteiger partial charge in [-0.3, -0.25) is 9.69 Å². The van der Waals surface area contributed by atoms with E-state index < -0.39 is 0 Å². The Morgan fingerprint density at radius 1 is 1.20 bits per heavy atom. The third kappa shape index (κ3) is 5.33. The molecule has 0 radical (unpaired) electrons. The number of nitrogens with two attached hydrogens (primary N) is 1. The molecule has 10 heteroatoms. The van der Waals surface area contributed by atoms with E-state index in [-0.39, 0.29) is 5.91 Å². The van der Waals surface area contributed by atoms with Crippen molar-refractivity contribution in [2.45, 2.75) is 12.8 Å². The summed E-state index contributed by atoms with van der Waals surface area (Å²) in [7, 11) is 0. The molecule has 2 aromatic heterocycles. The van der Waals surface area contributed by atoms with Gasteiger partial charge in [-0.25, -0.2) is 9.97 Å². The summed E-state index contributed by atoms with van der Waals surface area (Å²) in [6, 6.07) is 1.81. The van der Waals surface area contributed by atoms with Gasteiger partial charge in [0.1, 0.15) is 5.01 Å². The summed E-state index contributed by atoms with van der Waals surface area (Å²) in [5.41, 5.74) is 5.54. The van der Waals surface area contributed by atoms with Gasteiger partial charge in [0.25, 0.3) is 0 Å². The quantitative estimate of drug-likeness (QED) is 0.650. The first-order valence-electron chi connectivity index (χ1n) is 8.29. The van der Waals surface area contributed by atoms with Gasteiger partial charge >= 0.3 is 0 Å². The van der Waals surface area contributed by atoms with Crippen LogP contribution in [0.2, 0.25) is 0 Å². The molecule has 1 aliphatic heterocycles. The molecule has 0 aromatic carbocycles. The van der Waals surface area contributed by atoms with Crippen LogP contribution in [0.1, 0.15) is 11.4 Å². The minimum absolute atomic E-state index is 0.0567. The highest BCUT2D eigenvalue weighted by atomic mass is 32.1. The molecule has 1 fully saturated rings. The number of piperazine rings is 1. The number of anilines is 2. The number of carbonyl (C=O) groups is 1. The zero-order valence-electron chi connectivity index (χ0n) is 14.0. The summed E-state index contributed by atoms with van der Waals surface area (Å²) >= 11 is 1.39. The summed E-state index contributed by atoms with van der Waals surface area (Å²) in [6.07, 6.45) is 5.11. The van der Waals surface area contributed by atoms with Crippen LogP contribution < -0.4 is 16.0 Å². The van der Waals surface area contributed by atoms with E-state index in [9.17, 15) is 4.79 Å². The molecule has 1 aliphatic rings. The normalized spacial score (nSPS) is 15.3. The van der Waals surface area contributed by atoms with Gasteiger partial charge in [-0.15, -0.1) is 10.2 Å². The Morgan fingerprint density at radius 3 is 2.64 bits per heavy atom. The van der Waals surface area contributed by atoms with E-state index >= 15 is 0 Å². The highest BCUT2D eigenvalue weighted by Gasteiger charge is 2.20. The average Bonchev–Trinajstić information content (AvgIpc) is 3.05. The summed E-state index contributed by atoms with van der Waals surface area (Å²) in [5, 5.41) is 12.1. The molecule has 0 unspecified atom stereocenters. The van der Waals surface area contributed by atoms with E-state index in [1.807, 2.05) is 6.07 Å². The zero-order valence-corrected chi connectivity index (χ0v) is 14.8.